The number of halogens is 7. The van der Waals surface area contributed by atoms with Crippen LogP contribution < -0.4 is 10.1 Å². The second-order valence-corrected chi connectivity index (χ2v) is 5.10. The summed E-state index contributed by atoms with van der Waals surface area (Å²) in [5, 5.41) is 2.97. The first kappa shape index (κ1) is 22.5. The lowest BCUT2D eigenvalue weighted by molar-refractivity contribution is -0.274. The lowest BCUT2D eigenvalue weighted by Gasteiger charge is -2.33. The van der Waals surface area contributed by atoms with E-state index in [1.165, 1.54) is 12.1 Å². The van der Waals surface area contributed by atoms with Crippen molar-refractivity contribution in [1.82, 2.24) is 10.2 Å². The number of benzene rings is 1. The number of nitrogens with one attached hydrogen (secondary N) is 1. The molecular weight excluding hydrogens is 383 g/mol. The maximum Gasteiger partial charge on any atom is 0.573 e. The van der Waals surface area contributed by atoms with Crippen LogP contribution in [0.25, 0.3) is 0 Å². The minimum absolute atomic E-state index is 0. The van der Waals surface area contributed by atoms with Gasteiger partial charge in [-0.1, -0.05) is 17.7 Å². The van der Waals surface area contributed by atoms with Gasteiger partial charge < -0.3 is 10.1 Å². The second kappa shape index (κ2) is 9.74. The van der Waals surface area contributed by atoms with E-state index >= 15 is 0 Å². The monoisotopic (exact) mass is 398 g/mol. The van der Waals surface area contributed by atoms with E-state index in [4.69, 9.17) is 11.6 Å². The standard InChI is InChI=1S/C13H15ClF4N2O.2ClH/c14-10-7-9(1-2-12(10)21-13(16,17)18)11(8-15)20-5-3-19-4-6-20;;/h1-2,7,11,19H,3-6,8H2;2*1H/t11-;;/m0../s1. The van der Waals surface area contributed by atoms with Crippen LogP contribution in [0.5, 0.6) is 5.75 Å². The third-order valence-corrected chi connectivity index (χ3v) is 3.60. The van der Waals surface area contributed by atoms with Crippen molar-refractivity contribution < 1.29 is 22.3 Å². The minimum Gasteiger partial charge on any atom is -0.404 e. The molecule has 0 bridgehead atoms. The normalized spacial score (nSPS) is 16.9. The largest absolute Gasteiger partial charge is 0.573 e. The summed E-state index contributed by atoms with van der Waals surface area (Å²) in [4.78, 5) is 1.94. The van der Waals surface area contributed by atoms with Crippen molar-refractivity contribution in [3.8, 4) is 5.75 Å². The summed E-state index contributed by atoms with van der Waals surface area (Å²) in [6, 6.07) is 3.36. The first-order chi connectivity index (χ1) is 9.90. The summed E-state index contributed by atoms with van der Waals surface area (Å²) >= 11 is 5.80. The fourth-order valence-electron chi connectivity index (χ4n) is 2.32. The van der Waals surface area contributed by atoms with Crippen molar-refractivity contribution in [2.24, 2.45) is 0 Å². The van der Waals surface area contributed by atoms with Crippen LogP contribution in [-0.2, 0) is 0 Å². The molecule has 3 nitrogen and oxygen atoms in total. The van der Waals surface area contributed by atoms with Gasteiger partial charge in [-0.2, -0.15) is 0 Å². The Morgan fingerprint density at radius 2 is 1.83 bits per heavy atom. The molecule has 1 aromatic carbocycles. The van der Waals surface area contributed by atoms with Gasteiger partial charge in [0.2, 0.25) is 0 Å². The van der Waals surface area contributed by atoms with Gasteiger partial charge in [0.25, 0.3) is 0 Å². The van der Waals surface area contributed by atoms with Crippen LogP contribution in [0, 0.1) is 0 Å². The zero-order valence-electron chi connectivity index (χ0n) is 11.9. The Morgan fingerprint density at radius 3 is 2.30 bits per heavy atom. The smallest absolute Gasteiger partial charge is 0.404 e. The van der Waals surface area contributed by atoms with Crippen LogP contribution in [0.15, 0.2) is 18.2 Å². The van der Waals surface area contributed by atoms with Gasteiger partial charge in [-0.25, -0.2) is 4.39 Å². The minimum atomic E-state index is -4.80. The molecule has 1 aliphatic rings. The summed E-state index contributed by atoms with van der Waals surface area (Å²) in [5.41, 5.74) is 0.541. The summed E-state index contributed by atoms with van der Waals surface area (Å²) in [5.74, 6) is -0.481. The SMILES string of the molecule is Cl.Cl.FC[C@@H](c1ccc(OC(F)(F)F)c(Cl)c1)N1CCNCC1. The summed E-state index contributed by atoms with van der Waals surface area (Å²) in [7, 11) is 0. The average molecular weight is 400 g/mol. The zero-order chi connectivity index (χ0) is 15.5. The molecule has 1 aliphatic heterocycles. The molecular formula is C13H17Cl3F4N2O. The Hall–Kier alpha value is -0.470. The van der Waals surface area contributed by atoms with E-state index < -0.39 is 24.8 Å². The van der Waals surface area contributed by atoms with Gasteiger partial charge in [0.15, 0.2) is 0 Å². The summed E-state index contributed by atoms with van der Waals surface area (Å²) in [6.45, 7) is 2.22. The van der Waals surface area contributed by atoms with Gasteiger partial charge in [-0.15, -0.1) is 38.0 Å². The summed E-state index contributed by atoms with van der Waals surface area (Å²) in [6.07, 6.45) is -4.80. The van der Waals surface area contributed by atoms with Crippen LogP contribution in [0.1, 0.15) is 11.6 Å². The molecule has 10 heteroatoms. The molecule has 0 saturated carbocycles. The average Bonchev–Trinajstić information content (AvgIpc) is 2.42. The topological polar surface area (TPSA) is 24.5 Å². The van der Waals surface area contributed by atoms with Gasteiger partial charge in [0, 0.05) is 26.2 Å². The Kier molecular flexibility index (Phi) is 9.54. The quantitative estimate of drug-likeness (QED) is 0.775. The van der Waals surface area contributed by atoms with Gasteiger partial charge in [-0.05, 0) is 17.7 Å². The van der Waals surface area contributed by atoms with E-state index in [-0.39, 0.29) is 29.8 Å². The fourth-order valence-corrected chi connectivity index (χ4v) is 2.55. The Bertz CT molecular complexity index is 485. The number of hydrogen-bond donors (Lipinski definition) is 1. The van der Waals surface area contributed by atoms with Crippen molar-refractivity contribution in [2.75, 3.05) is 32.9 Å². The highest BCUT2D eigenvalue weighted by Gasteiger charge is 2.32. The van der Waals surface area contributed by atoms with E-state index in [1.54, 1.807) is 0 Å². The molecule has 0 amide bonds. The van der Waals surface area contributed by atoms with Gasteiger partial charge >= 0.3 is 6.36 Å². The molecule has 1 atom stereocenters. The van der Waals surface area contributed by atoms with Crippen LogP contribution in [0.4, 0.5) is 17.6 Å². The van der Waals surface area contributed by atoms with E-state index in [0.717, 1.165) is 19.2 Å². The molecule has 0 spiro atoms. The predicted octanol–water partition coefficient (Wildman–Crippen LogP) is 4.00. The first-order valence-corrected chi connectivity index (χ1v) is 6.84. The molecule has 0 aromatic heterocycles. The van der Waals surface area contributed by atoms with Crippen molar-refractivity contribution in [3.05, 3.63) is 28.8 Å². The van der Waals surface area contributed by atoms with Gasteiger partial charge in [0.1, 0.15) is 12.4 Å². The third-order valence-electron chi connectivity index (χ3n) is 3.30. The van der Waals surface area contributed by atoms with Crippen LogP contribution in [0.3, 0.4) is 0 Å². The van der Waals surface area contributed by atoms with Crippen molar-refractivity contribution in [3.63, 3.8) is 0 Å². The number of nitrogens with zero attached hydrogens (tertiary/aromatic N) is 1. The molecule has 1 heterocycles. The van der Waals surface area contributed by atoms with E-state index in [2.05, 4.69) is 10.1 Å². The molecule has 1 N–H and O–H groups in total. The van der Waals surface area contributed by atoms with Gasteiger partial charge in [0.05, 0.1) is 11.1 Å². The molecule has 0 unspecified atom stereocenters. The van der Waals surface area contributed by atoms with Crippen LogP contribution >= 0.6 is 36.4 Å². The van der Waals surface area contributed by atoms with Crippen LogP contribution in [-0.4, -0.2) is 44.1 Å². The number of piperazine rings is 1. The molecule has 23 heavy (non-hydrogen) atoms. The highest BCUT2D eigenvalue weighted by Crippen LogP contribution is 2.33. The Balaban J connectivity index is 0.00000242. The number of hydrogen-bond acceptors (Lipinski definition) is 3. The third kappa shape index (κ3) is 6.51. The predicted molar refractivity (Wildman–Crippen MR) is 85.8 cm³/mol. The highest BCUT2D eigenvalue weighted by atomic mass is 35.5. The van der Waals surface area contributed by atoms with Crippen LogP contribution in [0.2, 0.25) is 5.02 Å². The lowest BCUT2D eigenvalue weighted by Crippen LogP contribution is -2.45. The molecule has 2 rings (SSSR count). The molecule has 0 radical (unpaired) electrons. The Morgan fingerprint density at radius 1 is 1.22 bits per heavy atom. The molecule has 1 fully saturated rings. The molecule has 0 aliphatic carbocycles. The van der Waals surface area contributed by atoms with Crippen molar-refractivity contribution in [2.45, 2.75) is 12.4 Å². The molecule has 134 valence electrons. The number of ether oxygens (including phenoxy) is 1. The maximum absolute atomic E-state index is 13.3. The highest BCUT2D eigenvalue weighted by molar-refractivity contribution is 6.32. The molecule has 1 saturated heterocycles. The van der Waals surface area contributed by atoms with E-state index in [9.17, 15) is 17.6 Å². The fraction of sp³-hybridized carbons (Fsp3) is 0.538. The second-order valence-electron chi connectivity index (χ2n) is 4.69. The molecule has 1 aromatic rings. The van der Waals surface area contributed by atoms with E-state index in [0.29, 0.717) is 18.7 Å². The van der Waals surface area contributed by atoms with Crippen molar-refractivity contribution in [1.29, 1.82) is 0 Å². The zero-order valence-corrected chi connectivity index (χ0v) is 14.3. The number of alkyl halides is 4. The number of rotatable bonds is 4. The Labute approximate surface area is 149 Å². The van der Waals surface area contributed by atoms with E-state index in [1.807, 2.05) is 4.90 Å². The van der Waals surface area contributed by atoms with Crippen molar-refractivity contribution >= 4 is 36.4 Å². The first-order valence-electron chi connectivity index (χ1n) is 6.46. The van der Waals surface area contributed by atoms with Gasteiger partial charge in [-0.3, -0.25) is 4.90 Å². The maximum atomic E-state index is 13.3. The summed E-state index contributed by atoms with van der Waals surface area (Å²) < 4.78 is 53.7. The lowest BCUT2D eigenvalue weighted by atomic mass is 10.1.